The fourth-order valence-electron chi connectivity index (χ4n) is 2.36. The van der Waals surface area contributed by atoms with Crippen molar-refractivity contribution in [2.45, 2.75) is 78.3 Å². The molecule has 0 N–H and O–H groups in total. The molecule has 6 nitrogen and oxygen atoms in total. The van der Waals surface area contributed by atoms with Crippen molar-refractivity contribution in [3.8, 4) is 23.9 Å². The first kappa shape index (κ1) is 23.2. The van der Waals surface area contributed by atoms with E-state index < -0.39 is 6.15 Å². The zero-order chi connectivity index (χ0) is 19.7. The van der Waals surface area contributed by atoms with Crippen molar-refractivity contribution in [1.29, 1.82) is 21.0 Å². The van der Waals surface area contributed by atoms with Gasteiger partial charge in [-0.1, -0.05) is 45.4 Å². The van der Waals surface area contributed by atoms with Crippen LogP contribution in [-0.4, -0.2) is 10.7 Å². The van der Waals surface area contributed by atoms with Crippen LogP contribution >= 0.6 is 0 Å². The molecule has 0 saturated heterocycles. The molecule has 0 aromatic carbocycles. The molecule has 0 fully saturated rings. The molecule has 0 aliphatic rings. The molecule has 1 heterocycles. The Labute approximate surface area is 157 Å². The average molecular weight is 352 g/mol. The Kier molecular flexibility index (Phi) is 13.0. The number of hydrogen-bond acceptors (Lipinski definition) is 4. The van der Waals surface area contributed by atoms with Gasteiger partial charge in [0.2, 0.25) is 6.33 Å². The number of hydrogen-bond donors (Lipinski definition) is 0. The largest absolute Gasteiger partial charge is 0.383 e. The Balaban J connectivity index is 0.000000590. The number of aromatic nitrogens is 2. The van der Waals surface area contributed by atoms with E-state index in [4.69, 9.17) is 21.0 Å². The second-order valence-corrected chi connectivity index (χ2v) is 6.34. The summed E-state index contributed by atoms with van der Waals surface area (Å²) in [4.78, 5) is 0. The topological polar surface area (TPSA) is 104 Å². The van der Waals surface area contributed by atoms with Crippen LogP contribution in [0.4, 0.5) is 0 Å². The second-order valence-electron chi connectivity index (χ2n) is 6.34. The predicted octanol–water partition coefficient (Wildman–Crippen LogP) is 3.62. The van der Waals surface area contributed by atoms with Crippen LogP contribution in [0.15, 0.2) is 18.7 Å². The van der Waals surface area contributed by atoms with Crippen molar-refractivity contribution >= 4 is 6.15 Å². The molecular formula is C19H29BN6. The van der Waals surface area contributed by atoms with E-state index in [2.05, 4.69) is 41.7 Å². The molecule has 0 saturated carbocycles. The van der Waals surface area contributed by atoms with Gasteiger partial charge in [-0.15, -0.1) is 23.9 Å². The Bertz CT molecular complexity index is 606. The van der Waals surface area contributed by atoms with Crippen molar-refractivity contribution in [3.05, 3.63) is 18.7 Å². The lowest BCUT2D eigenvalue weighted by Crippen LogP contribution is -2.30. The molecule has 26 heavy (non-hydrogen) atoms. The van der Waals surface area contributed by atoms with Gasteiger partial charge in [0, 0.05) is 0 Å². The van der Waals surface area contributed by atoms with E-state index in [0.717, 1.165) is 6.54 Å². The maximum Gasteiger partial charge on any atom is 0.383 e. The van der Waals surface area contributed by atoms with Crippen LogP contribution < -0.4 is 4.57 Å². The second kappa shape index (κ2) is 14.6. The van der Waals surface area contributed by atoms with Crippen molar-refractivity contribution in [3.63, 3.8) is 0 Å². The minimum Gasteiger partial charge on any atom is -0.245 e. The number of imidazole rings is 1. The summed E-state index contributed by atoms with van der Waals surface area (Å²) >= 11 is 0. The highest BCUT2D eigenvalue weighted by Gasteiger charge is 2.22. The molecule has 7 heteroatoms. The van der Waals surface area contributed by atoms with Gasteiger partial charge < -0.3 is 0 Å². The van der Waals surface area contributed by atoms with Gasteiger partial charge in [-0.2, -0.15) is 0 Å². The van der Waals surface area contributed by atoms with E-state index in [-0.39, 0.29) is 0 Å². The standard InChI is InChI=1S/C15H29N2.C4BN4/c1-3-5-6-7-8-9-10-11-12-17-14-13-16(4-2)15-17;6-1-5(2-7,3-8)4-9/h13-15H,3-12H2,1-2H3;/q+1;-1. The molecule has 0 aliphatic carbocycles. The zero-order valence-electron chi connectivity index (χ0n) is 16.1. The highest BCUT2D eigenvalue weighted by molar-refractivity contribution is 7.05. The molecule has 1 aromatic rings. The van der Waals surface area contributed by atoms with Crippen LogP contribution in [0.5, 0.6) is 0 Å². The summed E-state index contributed by atoms with van der Waals surface area (Å²) in [5.41, 5.74) is 0. The van der Waals surface area contributed by atoms with Gasteiger partial charge in [-0.25, -0.2) is 30.2 Å². The molecular weight excluding hydrogens is 323 g/mol. The summed E-state index contributed by atoms with van der Waals surface area (Å²) < 4.78 is 4.53. The number of aryl methyl sites for hydroxylation is 2. The number of nitriles is 4. The van der Waals surface area contributed by atoms with E-state index in [1.54, 1.807) is 0 Å². The highest BCUT2D eigenvalue weighted by Crippen LogP contribution is 2.08. The van der Waals surface area contributed by atoms with Crippen LogP contribution in [0.25, 0.3) is 0 Å². The third-order valence-corrected chi connectivity index (χ3v) is 4.16. The van der Waals surface area contributed by atoms with E-state index in [9.17, 15) is 0 Å². The van der Waals surface area contributed by atoms with E-state index >= 15 is 0 Å². The molecule has 0 atom stereocenters. The first-order chi connectivity index (χ1) is 12.6. The maximum absolute atomic E-state index is 8.09. The van der Waals surface area contributed by atoms with Gasteiger partial charge >= 0.3 is 6.15 Å². The van der Waals surface area contributed by atoms with Gasteiger partial charge in [0.1, 0.15) is 12.4 Å². The monoisotopic (exact) mass is 352 g/mol. The van der Waals surface area contributed by atoms with Crippen molar-refractivity contribution in [1.82, 2.24) is 4.57 Å². The predicted molar refractivity (Wildman–Crippen MR) is 101 cm³/mol. The smallest absolute Gasteiger partial charge is 0.245 e. The minimum atomic E-state index is -2.72. The van der Waals surface area contributed by atoms with E-state index in [1.165, 1.54) is 81.8 Å². The molecule has 0 spiro atoms. The van der Waals surface area contributed by atoms with E-state index in [1.807, 2.05) is 0 Å². The lowest BCUT2D eigenvalue weighted by Gasteiger charge is -2.00. The van der Waals surface area contributed by atoms with Gasteiger partial charge in [0.05, 0.1) is 13.1 Å². The number of nitrogens with zero attached hydrogens (tertiary/aromatic N) is 6. The molecule has 1 aromatic heterocycles. The van der Waals surface area contributed by atoms with Crippen LogP contribution in [0.1, 0.15) is 65.2 Å². The summed E-state index contributed by atoms with van der Waals surface area (Å²) in [6.07, 6.45) is 15.0. The highest BCUT2D eigenvalue weighted by atomic mass is 15.1. The number of unbranched alkanes of at least 4 members (excludes halogenated alkanes) is 7. The SMILES string of the molecule is CCCCCCCCCC[n+]1ccn(CC)c1.N#C[B-](C#N)(C#N)C#N. The van der Waals surface area contributed by atoms with Crippen molar-refractivity contribution in [2.24, 2.45) is 0 Å². The van der Waals surface area contributed by atoms with Gasteiger partial charge in [0.25, 0.3) is 0 Å². The third-order valence-electron chi connectivity index (χ3n) is 4.16. The van der Waals surface area contributed by atoms with Crippen molar-refractivity contribution in [2.75, 3.05) is 0 Å². The Morgan fingerprint density at radius 3 is 1.69 bits per heavy atom. The Hall–Kier alpha value is -2.77. The summed E-state index contributed by atoms with van der Waals surface area (Å²) in [5.74, 6) is 5.38. The van der Waals surface area contributed by atoms with Crippen molar-refractivity contribution < 1.29 is 4.57 Å². The minimum absolute atomic E-state index is 1.07. The van der Waals surface area contributed by atoms with Crippen LogP contribution in [-0.2, 0) is 13.1 Å². The fraction of sp³-hybridized carbons (Fsp3) is 0.632. The molecule has 1 rings (SSSR count). The quantitative estimate of drug-likeness (QED) is 0.364. The van der Waals surface area contributed by atoms with Gasteiger partial charge in [-0.05, 0) is 19.8 Å². The number of rotatable bonds is 10. The lowest BCUT2D eigenvalue weighted by molar-refractivity contribution is -0.696. The summed E-state index contributed by atoms with van der Waals surface area (Å²) in [6.45, 7) is 6.71. The Morgan fingerprint density at radius 2 is 1.31 bits per heavy atom. The normalized spacial score (nSPS) is 9.77. The summed E-state index contributed by atoms with van der Waals surface area (Å²) in [6, 6.07) is 0. The van der Waals surface area contributed by atoms with Gasteiger partial charge in [0.15, 0.2) is 0 Å². The zero-order valence-corrected chi connectivity index (χ0v) is 16.1. The fourth-order valence-corrected chi connectivity index (χ4v) is 2.36. The summed E-state index contributed by atoms with van der Waals surface area (Å²) in [7, 11) is 0. The average Bonchev–Trinajstić information content (AvgIpc) is 3.15. The van der Waals surface area contributed by atoms with Crippen LogP contribution in [0.3, 0.4) is 0 Å². The molecule has 0 aliphatic heterocycles. The maximum atomic E-state index is 8.09. The molecule has 0 amide bonds. The molecule has 0 bridgehead atoms. The molecule has 0 unspecified atom stereocenters. The van der Waals surface area contributed by atoms with E-state index in [0.29, 0.717) is 0 Å². The third kappa shape index (κ3) is 9.51. The first-order valence-electron chi connectivity index (χ1n) is 9.46. The molecule has 138 valence electrons. The summed E-state index contributed by atoms with van der Waals surface area (Å²) in [5, 5.41) is 32.3. The van der Waals surface area contributed by atoms with Crippen LogP contribution in [0, 0.1) is 44.9 Å². The first-order valence-corrected chi connectivity index (χ1v) is 9.46. The lowest BCUT2D eigenvalue weighted by atomic mass is 9.30. The van der Waals surface area contributed by atoms with Gasteiger partial charge in [-0.3, -0.25) is 0 Å². The molecule has 0 radical (unpaired) electrons. The van der Waals surface area contributed by atoms with Crippen LogP contribution in [0.2, 0.25) is 0 Å². The Morgan fingerprint density at radius 1 is 0.808 bits per heavy atom.